The number of anilines is 1. The van der Waals surface area contributed by atoms with Crippen LogP contribution in [0.5, 0.6) is 5.75 Å². The molecule has 0 atom stereocenters. The van der Waals surface area contributed by atoms with Gasteiger partial charge in [0, 0.05) is 24.4 Å². The molecule has 1 N–H and O–H groups in total. The molecule has 3 rings (SSSR count). The molecule has 26 heavy (non-hydrogen) atoms. The zero-order valence-electron chi connectivity index (χ0n) is 13.6. The van der Waals surface area contributed by atoms with Gasteiger partial charge in [-0.2, -0.15) is 13.9 Å². The van der Waals surface area contributed by atoms with Crippen molar-refractivity contribution in [1.29, 1.82) is 0 Å². The molecule has 2 aromatic carbocycles. The van der Waals surface area contributed by atoms with E-state index in [0.717, 1.165) is 0 Å². The highest BCUT2D eigenvalue weighted by Crippen LogP contribution is 2.22. The van der Waals surface area contributed by atoms with E-state index in [9.17, 15) is 18.0 Å². The molecule has 5 nitrogen and oxygen atoms in total. The Kier molecular flexibility index (Phi) is 4.92. The number of halogens is 3. The average molecular weight is 361 g/mol. The number of carbonyl (C=O) groups is 1. The second kappa shape index (κ2) is 7.30. The fourth-order valence-electron chi connectivity index (χ4n) is 2.39. The number of aromatic nitrogens is 2. The molecule has 0 aliphatic heterocycles. The topological polar surface area (TPSA) is 56.2 Å². The summed E-state index contributed by atoms with van der Waals surface area (Å²) < 4.78 is 43.3. The fourth-order valence-corrected chi connectivity index (χ4v) is 2.39. The number of nitrogens with zero attached hydrogens (tertiary/aromatic N) is 2. The van der Waals surface area contributed by atoms with Crippen molar-refractivity contribution in [2.24, 2.45) is 7.05 Å². The van der Waals surface area contributed by atoms with Gasteiger partial charge in [-0.05, 0) is 42.5 Å². The van der Waals surface area contributed by atoms with Crippen molar-refractivity contribution in [3.8, 4) is 17.0 Å². The molecule has 0 unspecified atom stereocenters. The summed E-state index contributed by atoms with van der Waals surface area (Å²) in [6, 6.07) is 13.0. The van der Waals surface area contributed by atoms with Gasteiger partial charge < -0.3 is 10.1 Å². The molecule has 0 bridgehead atoms. The van der Waals surface area contributed by atoms with Gasteiger partial charge in [-0.3, -0.25) is 9.48 Å². The molecule has 1 heterocycles. The minimum absolute atomic E-state index is 0.0604. The molecule has 0 saturated heterocycles. The molecular weight excluding hydrogens is 347 g/mol. The van der Waals surface area contributed by atoms with Gasteiger partial charge >= 0.3 is 6.61 Å². The second-order valence-corrected chi connectivity index (χ2v) is 5.41. The molecule has 0 spiro atoms. The van der Waals surface area contributed by atoms with E-state index in [-0.39, 0.29) is 17.3 Å². The SMILES string of the molecule is Cn1nc(-c2ccc(F)cc2)cc1C(=O)Nc1cccc(OC(F)F)c1. The molecule has 134 valence electrons. The van der Waals surface area contributed by atoms with Crippen LogP contribution in [-0.2, 0) is 7.05 Å². The van der Waals surface area contributed by atoms with Crippen LogP contribution in [-0.4, -0.2) is 22.3 Å². The maximum Gasteiger partial charge on any atom is 0.387 e. The van der Waals surface area contributed by atoms with Crippen molar-refractivity contribution < 1.29 is 22.7 Å². The van der Waals surface area contributed by atoms with E-state index in [1.807, 2.05) is 0 Å². The molecule has 0 radical (unpaired) electrons. The van der Waals surface area contributed by atoms with Crippen molar-refractivity contribution in [3.05, 3.63) is 66.1 Å². The molecular formula is C18H14F3N3O2. The van der Waals surface area contributed by atoms with Gasteiger partial charge in [-0.1, -0.05) is 6.07 Å². The average Bonchev–Trinajstić information content (AvgIpc) is 2.97. The predicted octanol–water partition coefficient (Wildman–Crippen LogP) is 4.08. The summed E-state index contributed by atoms with van der Waals surface area (Å²) in [4.78, 5) is 12.4. The minimum Gasteiger partial charge on any atom is -0.435 e. The number of aryl methyl sites for hydroxylation is 1. The lowest BCUT2D eigenvalue weighted by atomic mass is 10.1. The number of benzene rings is 2. The molecule has 8 heteroatoms. The van der Waals surface area contributed by atoms with Gasteiger partial charge in [0.05, 0.1) is 5.69 Å². The van der Waals surface area contributed by atoms with Crippen LogP contribution in [0.25, 0.3) is 11.3 Å². The van der Waals surface area contributed by atoms with E-state index in [1.54, 1.807) is 31.3 Å². The summed E-state index contributed by atoms with van der Waals surface area (Å²) >= 11 is 0. The minimum atomic E-state index is -2.95. The van der Waals surface area contributed by atoms with Crippen LogP contribution in [0.3, 0.4) is 0 Å². The smallest absolute Gasteiger partial charge is 0.387 e. The lowest BCUT2D eigenvalue weighted by Crippen LogP contribution is -2.16. The predicted molar refractivity (Wildman–Crippen MR) is 89.6 cm³/mol. The third-order valence-electron chi connectivity index (χ3n) is 3.57. The van der Waals surface area contributed by atoms with Crippen LogP contribution < -0.4 is 10.1 Å². The Hall–Kier alpha value is -3.29. The van der Waals surface area contributed by atoms with Crippen molar-refractivity contribution in [2.45, 2.75) is 6.61 Å². The number of nitrogens with one attached hydrogen (secondary N) is 1. The number of ether oxygens (including phenoxy) is 1. The highest BCUT2D eigenvalue weighted by molar-refractivity contribution is 6.03. The standard InChI is InChI=1S/C18H14F3N3O2/c1-24-16(10-15(23-24)11-5-7-12(19)8-6-11)17(25)22-13-3-2-4-14(9-13)26-18(20)21/h2-10,18H,1H3,(H,22,25). The quantitative estimate of drug-likeness (QED) is 0.745. The molecule has 1 aromatic heterocycles. The van der Waals surface area contributed by atoms with Crippen molar-refractivity contribution >= 4 is 11.6 Å². The monoisotopic (exact) mass is 361 g/mol. The number of hydrogen-bond donors (Lipinski definition) is 1. The molecule has 0 fully saturated rings. The first-order chi connectivity index (χ1) is 12.4. The first kappa shape index (κ1) is 17.5. The summed E-state index contributed by atoms with van der Waals surface area (Å²) in [6.07, 6.45) is 0. The Morgan fingerprint density at radius 2 is 1.88 bits per heavy atom. The Morgan fingerprint density at radius 3 is 2.58 bits per heavy atom. The van der Waals surface area contributed by atoms with Gasteiger partial charge in [0.1, 0.15) is 17.3 Å². The molecule has 0 aliphatic rings. The zero-order chi connectivity index (χ0) is 18.7. The highest BCUT2D eigenvalue weighted by atomic mass is 19.3. The third kappa shape index (κ3) is 4.02. The Bertz CT molecular complexity index is 924. The van der Waals surface area contributed by atoms with Gasteiger partial charge in [0.2, 0.25) is 0 Å². The second-order valence-electron chi connectivity index (χ2n) is 5.41. The van der Waals surface area contributed by atoms with Crippen molar-refractivity contribution in [1.82, 2.24) is 9.78 Å². The summed E-state index contributed by atoms with van der Waals surface area (Å²) in [7, 11) is 1.60. The normalized spacial score (nSPS) is 10.8. The van der Waals surface area contributed by atoms with Crippen LogP contribution >= 0.6 is 0 Å². The van der Waals surface area contributed by atoms with Gasteiger partial charge in [0.15, 0.2) is 0 Å². The van der Waals surface area contributed by atoms with Crippen molar-refractivity contribution in [3.63, 3.8) is 0 Å². The Labute approximate surface area is 147 Å². The maximum absolute atomic E-state index is 13.0. The van der Waals surface area contributed by atoms with E-state index in [0.29, 0.717) is 16.9 Å². The first-order valence-corrected chi connectivity index (χ1v) is 7.58. The van der Waals surface area contributed by atoms with E-state index in [4.69, 9.17) is 0 Å². The number of hydrogen-bond acceptors (Lipinski definition) is 3. The van der Waals surface area contributed by atoms with Crippen LogP contribution in [0.2, 0.25) is 0 Å². The van der Waals surface area contributed by atoms with Gasteiger partial charge in [-0.25, -0.2) is 4.39 Å². The summed E-state index contributed by atoms with van der Waals surface area (Å²) in [5.41, 5.74) is 1.73. The summed E-state index contributed by atoms with van der Waals surface area (Å²) in [5.74, 6) is -0.897. The van der Waals surface area contributed by atoms with Crippen molar-refractivity contribution in [2.75, 3.05) is 5.32 Å². The van der Waals surface area contributed by atoms with Crippen LogP contribution in [0.15, 0.2) is 54.6 Å². The van der Waals surface area contributed by atoms with E-state index >= 15 is 0 Å². The number of alkyl halides is 2. The maximum atomic E-state index is 13.0. The zero-order valence-corrected chi connectivity index (χ0v) is 13.6. The lowest BCUT2D eigenvalue weighted by Gasteiger charge is -2.08. The molecule has 0 aliphatic carbocycles. The van der Waals surface area contributed by atoms with E-state index < -0.39 is 12.5 Å². The third-order valence-corrected chi connectivity index (χ3v) is 3.57. The van der Waals surface area contributed by atoms with Crippen LogP contribution in [0.4, 0.5) is 18.9 Å². The first-order valence-electron chi connectivity index (χ1n) is 7.58. The summed E-state index contributed by atoms with van der Waals surface area (Å²) in [6.45, 7) is -2.95. The van der Waals surface area contributed by atoms with Gasteiger partial charge in [-0.15, -0.1) is 0 Å². The fraction of sp³-hybridized carbons (Fsp3) is 0.111. The van der Waals surface area contributed by atoms with Crippen LogP contribution in [0, 0.1) is 5.82 Å². The largest absolute Gasteiger partial charge is 0.435 e. The molecule has 3 aromatic rings. The lowest BCUT2D eigenvalue weighted by molar-refractivity contribution is -0.0497. The van der Waals surface area contributed by atoms with Crippen LogP contribution in [0.1, 0.15) is 10.5 Å². The number of rotatable bonds is 5. The van der Waals surface area contributed by atoms with Gasteiger partial charge in [0.25, 0.3) is 5.91 Å². The highest BCUT2D eigenvalue weighted by Gasteiger charge is 2.15. The molecule has 0 saturated carbocycles. The molecule has 1 amide bonds. The summed E-state index contributed by atoms with van der Waals surface area (Å²) in [5, 5.41) is 6.84. The number of amides is 1. The Balaban J connectivity index is 1.79. The van der Waals surface area contributed by atoms with E-state index in [2.05, 4.69) is 15.2 Å². The van der Waals surface area contributed by atoms with E-state index in [1.165, 1.54) is 35.0 Å². The number of carbonyl (C=O) groups excluding carboxylic acids is 1. The Morgan fingerprint density at radius 1 is 1.15 bits per heavy atom.